The van der Waals surface area contributed by atoms with Gasteiger partial charge < -0.3 is 14.8 Å². The molecule has 1 N–H and O–H groups in total. The van der Waals surface area contributed by atoms with E-state index in [0.29, 0.717) is 11.7 Å². The number of thiocarbonyl (C=S) groups is 1. The molecule has 0 unspecified atom stereocenters. The second-order valence-electron chi connectivity index (χ2n) is 7.25. The predicted molar refractivity (Wildman–Crippen MR) is 118 cm³/mol. The first-order valence-corrected chi connectivity index (χ1v) is 9.90. The SMILES string of the molecule is Cc1cccc(NC(=S)N2CCn3cccc3[C@H]2c2cccc([N+](=O)[O-])c2)c1C. The Labute approximate surface area is 174 Å². The van der Waals surface area contributed by atoms with Crippen molar-refractivity contribution in [1.82, 2.24) is 9.47 Å². The van der Waals surface area contributed by atoms with E-state index in [2.05, 4.69) is 40.8 Å². The van der Waals surface area contributed by atoms with E-state index in [0.717, 1.165) is 29.1 Å². The molecule has 6 nitrogen and oxygen atoms in total. The quantitative estimate of drug-likeness (QED) is 0.384. The van der Waals surface area contributed by atoms with Crippen molar-refractivity contribution in [2.75, 3.05) is 11.9 Å². The third-order valence-corrected chi connectivity index (χ3v) is 5.88. The van der Waals surface area contributed by atoms with Gasteiger partial charge in [-0.1, -0.05) is 24.3 Å². The molecule has 0 spiro atoms. The fraction of sp³-hybridized carbons (Fsp3) is 0.227. The van der Waals surface area contributed by atoms with Gasteiger partial charge >= 0.3 is 0 Å². The fourth-order valence-corrected chi connectivity index (χ4v) is 4.14. The summed E-state index contributed by atoms with van der Waals surface area (Å²) in [5.41, 5.74) is 5.33. The molecule has 0 aliphatic carbocycles. The third kappa shape index (κ3) is 3.61. The summed E-state index contributed by atoms with van der Waals surface area (Å²) in [5.74, 6) is 0. The minimum atomic E-state index is -0.359. The number of fused-ring (bicyclic) bond motifs is 1. The molecular weight excluding hydrogens is 384 g/mol. The molecule has 4 rings (SSSR count). The number of aromatic nitrogens is 1. The number of nitro benzene ring substituents is 1. The van der Waals surface area contributed by atoms with Gasteiger partial charge in [-0.15, -0.1) is 0 Å². The molecule has 2 heterocycles. The van der Waals surface area contributed by atoms with Gasteiger partial charge in [0.25, 0.3) is 5.69 Å². The van der Waals surface area contributed by atoms with Crippen molar-refractivity contribution >= 4 is 28.7 Å². The fourth-order valence-electron chi connectivity index (χ4n) is 3.83. The normalized spacial score (nSPS) is 15.7. The van der Waals surface area contributed by atoms with E-state index in [1.54, 1.807) is 12.1 Å². The van der Waals surface area contributed by atoms with Crippen LogP contribution in [0.15, 0.2) is 60.8 Å². The Hall–Kier alpha value is -3.19. The van der Waals surface area contributed by atoms with Crippen LogP contribution in [0.25, 0.3) is 0 Å². The third-order valence-electron chi connectivity index (χ3n) is 5.54. The number of anilines is 1. The van der Waals surface area contributed by atoms with Crippen LogP contribution in [0.1, 0.15) is 28.4 Å². The molecule has 3 aromatic rings. The molecule has 148 valence electrons. The number of aryl methyl sites for hydroxylation is 1. The number of non-ortho nitro benzene ring substituents is 1. The van der Waals surface area contributed by atoms with Crippen molar-refractivity contribution < 1.29 is 4.92 Å². The van der Waals surface area contributed by atoms with Crippen molar-refractivity contribution in [3.8, 4) is 0 Å². The minimum Gasteiger partial charge on any atom is -0.348 e. The smallest absolute Gasteiger partial charge is 0.269 e. The number of hydrogen-bond donors (Lipinski definition) is 1. The lowest BCUT2D eigenvalue weighted by Crippen LogP contribution is -2.44. The molecule has 0 bridgehead atoms. The Balaban J connectivity index is 1.72. The maximum atomic E-state index is 11.3. The van der Waals surface area contributed by atoms with Crippen LogP contribution in [-0.4, -0.2) is 26.0 Å². The molecule has 1 atom stereocenters. The Morgan fingerprint density at radius 2 is 1.93 bits per heavy atom. The van der Waals surface area contributed by atoms with Gasteiger partial charge in [-0.3, -0.25) is 10.1 Å². The molecule has 0 radical (unpaired) electrons. The molecule has 7 heteroatoms. The Kier molecular flexibility index (Phi) is 5.07. The monoisotopic (exact) mass is 406 g/mol. The zero-order chi connectivity index (χ0) is 20.5. The number of nitrogens with zero attached hydrogens (tertiary/aromatic N) is 3. The van der Waals surface area contributed by atoms with Crippen molar-refractivity contribution in [3.05, 3.63) is 93.3 Å². The van der Waals surface area contributed by atoms with E-state index in [-0.39, 0.29) is 16.7 Å². The number of nitro groups is 1. The van der Waals surface area contributed by atoms with E-state index in [9.17, 15) is 10.1 Å². The Bertz CT molecular complexity index is 1090. The molecule has 0 saturated heterocycles. The summed E-state index contributed by atoms with van der Waals surface area (Å²) < 4.78 is 2.18. The number of hydrogen-bond acceptors (Lipinski definition) is 3. The zero-order valence-corrected chi connectivity index (χ0v) is 17.1. The van der Waals surface area contributed by atoms with Gasteiger partial charge in [-0.2, -0.15) is 0 Å². The van der Waals surface area contributed by atoms with E-state index in [4.69, 9.17) is 12.2 Å². The van der Waals surface area contributed by atoms with E-state index in [1.807, 2.05) is 30.5 Å². The average molecular weight is 407 g/mol. The Morgan fingerprint density at radius 3 is 2.72 bits per heavy atom. The van der Waals surface area contributed by atoms with Gasteiger partial charge in [0.2, 0.25) is 0 Å². The molecule has 0 amide bonds. The highest BCUT2D eigenvalue weighted by molar-refractivity contribution is 7.80. The highest BCUT2D eigenvalue weighted by atomic mass is 32.1. The highest BCUT2D eigenvalue weighted by Gasteiger charge is 2.31. The Morgan fingerprint density at radius 1 is 1.14 bits per heavy atom. The summed E-state index contributed by atoms with van der Waals surface area (Å²) in [4.78, 5) is 13.1. The second kappa shape index (κ2) is 7.67. The van der Waals surface area contributed by atoms with Crippen molar-refractivity contribution in [2.24, 2.45) is 0 Å². The molecule has 0 fully saturated rings. The van der Waals surface area contributed by atoms with Crippen LogP contribution in [-0.2, 0) is 6.54 Å². The molecule has 0 saturated carbocycles. The second-order valence-corrected chi connectivity index (χ2v) is 7.64. The molecule has 1 aliphatic heterocycles. The van der Waals surface area contributed by atoms with Crippen LogP contribution >= 0.6 is 12.2 Å². The van der Waals surface area contributed by atoms with Crippen molar-refractivity contribution in [3.63, 3.8) is 0 Å². The molecule has 2 aromatic carbocycles. The summed E-state index contributed by atoms with van der Waals surface area (Å²) in [7, 11) is 0. The molecule has 29 heavy (non-hydrogen) atoms. The van der Waals surface area contributed by atoms with Gasteiger partial charge in [0.1, 0.15) is 0 Å². The van der Waals surface area contributed by atoms with Gasteiger partial charge in [0.05, 0.1) is 11.0 Å². The largest absolute Gasteiger partial charge is 0.348 e. The first-order chi connectivity index (χ1) is 14.0. The van der Waals surface area contributed by atoms with Gasteiger partial charge in [-0.25, -0.2) is 0 Å². The van der Waals surface area contributed by atoms with Crippen LogP contribution in [0, 0.1) is 24.0 Å². The maximum absolute atomic E-state index is 11.3. The first-order valence-electron chi connectivity index (χ1n) is 9.49. The van der Waals surface area contributed by atoms with Crippen LogP contribution in [0.5, 0.6) is 0 Å². The lowest BCUT2D eigenvalue weighted by atomic mass is 9.99. The molecule has 1 aromatic heterocycles. The predicted octanol–water partition coefficient (Wildman–Crippen LogP) is 4.82. The van der Waals surface area contributed by atoms with E-state index >= 15 is 0 Å². The van der Waals surface area contributed by atoms with E-state index < -0.39 is 0 Å². The van der Waals surface area contributed by atoms with Crippen LogP contribution in [0.3, 0.4) is 0 Å². The number of nitrogens with one attached hydrogen (secondary N) is 1. The van der Waals surface area contributed by atoms with Crippen LogP contribution in [0.2, 0.25) is 0 Å². The summed E-state index contributed by atoms with van der Waals surface area (Å²) in [6.07, 6.45) is 2.04. The lowest BCUT2D eigenvalue weighted by molar-refractivity contribution is -0.384. The number of benzene rings is 2. The summed E-state index contributed by atoms with van der Waals surface area (Å²) >= 11 is 5.80. The summed E-state index contributed by atoms with van der Waals surface area (Å²) in [6.45, 7) is 5.66. The lowest BCUT2D eigenvalue weighted by Gasteiger charge is -2.39. The van der Waals surface area contributed by atoms with Crippen molar-refractivity contribution in [2.45, 2.75) is 26.4 Å². The summed E-state index contributed by atoms with van der Waals surface area (Å²) in [6, 6.07) is 16.8. The molecular formula is C22H22N4O2S. The maximum Gasteiger partial charge on any atom is 0.269 e. The first kappa shape index (κ1) is 19.1. The zero-order valence-electron chi connectivity index (χ0n) is 16.3. The van der Waals surface area contributed by atoms with Crippen LogP contribution < -0.4 is 5.32 Å². The average Bonchev–Trinajstić information content (AvgIpc) is 3.19. The van der Waals surface area contributed by atoms with Crippen molar-refractivity contribution in [1.29, 1.82) is 0 Å². The van der Waals surface area contributed by atoms with Gasteiger partial charge in [-0.05, 0) is 61.0 Å². The minimum absolute atomic E-state index is 0.0829. The van der Waals surface area contributed by atoms with Crippen LogP contribution in [0.4, 0.5) is 11.4 Å². The summed E-state index contributed by atoms with van der Waals surface area (Å²) in [5, 5.41) is 15.3. The van der Waals surface area contributed by atoms with Gasteiger partial charge in [0, 0.05) is 42.8 Å². The van der Waals surface area contributed by atoms with E-state index in [1.165, 1.54) is 11.6 Å². The molecule has 1 aliphatic rings. The highest BCUT2D eigenvalue weighted by Crippen LogP contribution is 2.34. The standard InChI is InChI=1S/C22H22N4O2S/c1-15-6-3-9-19(16(15)2)23-22(29)25-13-12-24-11-5-10-20(24)21(25)17-7-4-8-18(14-17)26(27)28/h3-11,14,21H,12-13H2,1-2H3,(H,23,29)/t21-/m1/s1. The van der Waals surface area contributed by atoms with Gasteiger partial charge in [0.15, 0.2) is 5.11 Å². The number of rotatable bonds is 3. The topological polar surface area (TPSA) is 63.3 Å².